The lowest BCUT2D eigenvalue weighted by Crippen LogP contribution is -2.48. The second-order valence-electron chi connectivity index (χ2n) is 5.18. The van der Waals surface area contributed by atoms with Crippen molar-refractivity contribution in [3.05, 3.63) is 18.0 Å². The molecular formula is C14H26IN5O. The molecule has 0 amide bonds. The van der Waals surface area contributed by atoms with Gasteiger partial charge in [-0.1, -0.05) is 12.1 Å². The lowest BCUT2D eigenvalue weighted by molar-refractivity contribution is 0.206. The highest BCUT2D eigenvalue weighted by molar-refractivity contribution is 14.0. The van der Waals surface area contributed by atoms with Crippen molar-refractivity contribution in [2.24, 2.45) is 4.99 Å². The lowest BCUT2D eigenvalue weighted by Gasteiger charge is -2.32. The molecule has 0 saturated carbocycles. The summed E-state index contributed by atoms with van der Waals surface area (Å²) in [5.74, 6) is 0.835. The maximum absolute atomic E-state index is 4.81. The Bertz CT molecular complexity index is 402. The normalized spacial score (nSPS) is 17.3. The molecule has 6 nitrogen and oxygen atoms in total. The minimum Gasteiger partial charge on any atom is -0.364 e. The van der Waals surface area contributed by atoms with E-state index in [4.69, 9.17) is 4.52 Å². The quantitative estimate of drug-likeness (QED) is 0.443. The van der Waals surface area contributed by atoms with Crippen molar-refractivity contribution in [3.8, 4) is 0 Å². The molecule has 2 N–H and O–H groups in total. The van der Waals surface area contributed by atoms with Crippen LogP contribution in [0.4, 0.5) is 0 Å². The monoisotopic (exact) mass is 407 g/mol. The average molecular weight is 407 g/mol. The van der Waals surface area contributed by atoms with Gasteiger partial charge in [-0.3, -0.25) is 4.99 Å². The largest absolute Gasteiger partial charge is 0.364 e. The number of likely N-dealkylation sites (tertiary alicyclic amines) is 1. The molecule has 1 aromatic heterocycles. The van der Waals surface area contributed by atoms with E-state index in [0.29, 0.717) is 12.6 Å². The van der Waals surface area contributed by atoms with Gasteiger partial charge in [-0.15, -0.1) is 24.0 Å². The number of nitrogens with zero attached hydrogens (tertiary/aromatic N) is 3. The summed E-state index contributed by atoms with van der Waals surface area (Å²) in [6, 6.07) is 2.36. The number of halogens is 1. The van der Waals surface area contributed by atoms with Crippen LogP contribution in [0.5, 0.6) is 0 Å². The number of rotatable bonds is 5. The molecular weight excluding hydrogens is 381 g/mol. The zero-order chi connectivity index (χ0) is 14.2. The van der Waals surface area contributed by atoms with Gasteiger partial charge in [-0.25, -0.2) is 0 Å². The first-order valence-electron chi connectivity index (χ1n) is 7.40. The Hall–Kier alpha value is -0.830. The Balaban J connectivity index is 0.00000220. The van der Waals surface area contributed by atoms with Gasteiger partial charge >= 0.3 is 0 Å². The summed E-state index contributed by atoms with van der Waals surface area (Å²) in [5, 5.41) is 10.6. The molecule has 1 fully saturated rings. The van der Waals surface area contributed by atoms with Gasteiger partial charge < -0.3 is 20.1 Å². The van der Waals surface area contributed by atoms with Crippen LogP contribution in [0.2, 0.25) is 0 Å². The van der Waals surface area contributed by atoms with E-state index in [1.807, 2.05) is 6.07 Å². The smallest absolute Gasteiger partial charge is 0.191 e. The fourth-order valence-electron chi connectivity index (χ4n) is 2.51. The summed E-state index contributed by atoms with van der Waals surface area (Å²) in [6.45, 7) is 6.42. The molecule has 1 saturated heterocycles. The Morgan fingerprint density at radius 2 is 2.24 bits per heavy atom. The molecule has 0 aromatic carbocycles. The summed E-state index contributed by atoms with van der Waals surface area (Å²) in [7, 11) is 1.80. The van der Waals surface area contributed by atoms with Crippen LogP contribution in [0.1, 0.15) is 31.9 Å². The summed E-state index contributed by atoms with van der Waals surface area (Å²) in [5.41, 5.74) is 0.880. The highest BCUT2D eigenvalue weighted by Crippen LogP contribution is 2.10. The van der Waals surface area contributed by atoms with Gasteiger partial charge in [0.25, 0.3) is 0 Å². The van der Waals surface area contributed by atoms with E-state index in [2.05, 4.69) is 32.6 Å². The van der Waals surface area contributed by atoms with E-state index in [9.17, 15) is 0 Å². The zero-order valence-electron chi connectivity index (χ0n) is 12.8. The average Bonchev–Trinajstić information content (AvgIpc) is 2.99. The predicted octanol–water partition coefficient (Wildman–Crippen LogP) is 1.83. The van der Waals surface area contributed by atoms with Gasteiger partial charge in [0.15, 0.2) is 5.96 Å². The first-order chi connectivity index (χ1) is 9.81. The molecule has 0 spiro atoms. The van der Waals surface area contributed by atoms with Crippen LogP contribution in [0.15, 0.2) is 21.8 Å². The van der Waals surface area contributed by atoms with Crippen molar-refractivity contribution in [1.82, 2.24) is 20.7 Å². The van der Waals surface area contributed by atoms with Crippen molar-refractivity contribution in [2.75, 3.05) is 26.7 Å². The van der Waals surface area contributed by atoms with Gasteiger partial charge in [0.2, 0.25) is 0 Å². The minimum atomic E-state index is 0. The van der Waals surface area contributed by atoms with Crippen LogP contribution in [-0.2, 0) is 6.54 Å². The topological polar surface area (TPSA) is 65.7 Å². The summed E-state index contributed by atoms with van der Waals surface area (Å²) in [4.78, 5) is 6.79. The first kappa shape index (κ1) is 18.2. The molecule has 0 aliphatic carbocycles. The number of aliphatic imine (C=N–C) groups is 1. The SMILES string of the molecule is CCCN1CCC(NC(=NC)NCc2ccon2)CC1.I. The minimum absolute atomic E-state index is 0. The second-order valence-corrected chi connectivity index (χ2v) is 5.18. The number of nitrogens with one attached hydrogen (secondary N) is 2. The van der Waals surface area contributed by atoms with E-state index in [1.165, 1.54) is 38.9 Å². The van der Waals surface area contributed by atoms with Gasteiger partial charge in [-0.2, -0.15) is 0 Å². The molecule has 2 heterocycles. The Morgan fingerprint density at radius 3 is 2.81 bits per heavy atom. The van der Waals surface area contributed by atoms with Crippen LogP contribution < -0.4 is 10.6 Å². The maximum atomic E-state index is 4.81. The van der Waals surface area contributed by atoms with Crippen LogP contribution in [0.25, 0.3) is 0 Å². The summed E-state index contributed by atoms with van der Waals surface area (Å²) < 4.78 is 4.81. The van der Waals surface area contributed by atoms with Crippen LogP contribution in [0.3, 0.4) is 0 Å². The predicted molar refractivity (Wildman–Crippen MR) is 95.0 cm³/mol. The van der Waals surface area contributed by atoms with Crippen LogP contribution >= 0.6 is 24.0 Å². The molecule has 21 heavy (non-hydrogen) atoms. The molecule has 0 radical (unpaired) electrons. The zero-order valence-corrected chi connectivity index (χ0v) is 15.2. The standard InChI is InChI=1S/C14H25N5O.HI/c1-3-7-19-8-4-12(5-9-19)17-14(15-2)16-11-13-6-10-20-18-13;/h6,10,12H,3-5,7-9,11H2,1-2H3,(H2,15,16,17);1H. The van der Waals surface area contributed by atoms with Crippen LogP contribution in [0, 0.1) is 0 Å². The lowest BCUT2D eigenvalue weighted by atomic mass is 10.1. The van der Waals surface area contributed by atoms with E-state index in [-0.39, 0.29) is 24.0 Å². The Morgan fingerprint density at radius 1 is 1.48 bits per heavy atom. The molecule has 1 aliphatic heterocycles. The molecule has 7 heteroatoms. The van der Waals surface area contributed by atoms with E-state index in [1.54, 1.807) is 13.3 Å². The Kier molecular flexibility index (Phi) is 8.67. The van der Waals surface area contributed by atoms with E-state index >= 15 is 0 Å². The summed E-state index contributed by atoms with van der Waals surface area (Å²) >= 11 is 0. The third-order valence-corrected chi connectivity index (χ3v) is 3.62. The van der Waals surface area contributed by atoms with Gasteiger partial charge in [-0.05, 0) is 25.8 Å². The fraction of sp³-hybridized carbons (Fsp3) is 0.714. The van der Waals surface area contributed by atoms with Gasteiger partial charge in [0, 0.05) is 32.2 Å². The second kappa shape index (κ2) is 9.99. The van der Waals surface area contributed by atoms with E-state index < -0.39 is 0 Å². The first-order valence-corrected chi connectivity index (χ1v) is 7.40. The highest BCUT2D eigenvalue weighted by Gasteiger charge is 2.19. The number of aromatic nitrogens is 1. The number of guanidine groups is 1. The van der Waals surface area contributed by atoms with Crippen molar-refractivity contribution in [1.29, 1.82) is 0 Å². The van der Waals surface area contributed by atoms with Crippen molar-refractivity contribution in [2.45, 2.75) is 38.8 Å². The Labute approximate surface area is 143 Å². The summed E-state index contributed by atoms with van der Waals surface area (Å²) in [6.07, 6.45) is 5.16. The third kappa shape index (κ3) is 6.21. The number of piperidine rings is 1. The fourth-order valence-corrected chi connectivity index (χ4v) is 2.51. The van der Waals surface area contributed by atoms with Crippen molar-refractivity contribution in [3.63, 3.8) is 0 Å². The molecule has 1 aliphatic rings. The highest BCUT2D eigenvalue weighted by atomic mass is 127. The molecule has 2 rings (SSSR count). The van der Waals surface area contributed by atoms with Gasteiger partial charge in [0.05, 0.1) is 6.54 Å². The molecule has 0 atom stereocenters. The van der Waals surface area contributed by atoms with Crippen molar-refractivity contribution >= 4 is 29.9 Å². The molecule has 1 aromatic rings. The third-order valence-electron chi connectivity index (χ3n) is 3.62. The van der Waals surface area contributed by atoms with Gasteiger partial charge in [0.1, 0.15) is 12.0 Å². The molecule has 120 valence electrons. The maximum Gasteiger partial charge on any atom is 0.191 e. The van der Waals surface area contributed by atoms with Crippen LogP contribution in [-0.4, -0.2) is 48.7 Å². The molecule has 0 unspecified atom stereocenters. The molecule has 0 bridgehead atoms. The number of hydrogen-bond acceptors (Lipinski definition) is 4. The number of hydrogen-bond donors (Lipinski definition) is 2. The van der Waals surface area contributed by atoms with Crippen molar-refractivity contribution < 1.29 is 4.52 Å². The van der Waals surface area contributed by atoms with E-state index in [0.717, 1.165) is 11.7 Å².